The molecule has 1 amide bonds. The number of nitrogens with one attached hydrogen (secondary N) is 1. The Morgan fingerprint density at radius 1 is 1.03 bits per heavy atom. The molecule has 0 unspecified atom stereocenters. The highest BCUT2D eigenvalue weighted by molar-refractivity contribution is 8.00. The zero-order valence-corrected chi connectivity index (χ0v) is 20.3. The molecule has 3 aromatic rings. The molecule has 0 spiro atoms. The fraction of sp³-hybridized carbons (Fsp3) is 0.240. The molecule has 0 aliphatic rings. The zero-order valence-electron chi connectivity index (χ0n) is 18.7. The lowest BCUT2D eigenvalue weighted by Gasteiger charge is -2.10. The van der Waals surface area contributed by atoms with Crippen molar-refractivity contribution < 1.29 is 23.9 Å². The van der Waals surface area contributed by atoms with Gasteiger partial charge in [0.1, 0.15) is 10.6 Å². The van der Waals surface area contributed by atoms with Crippen LogP contribution >= 0.6 is 23.1 Å². The molecule has 2 aromatic carbocycles. The highest BCUT2D eigenvalue weighted by Gasteiger charge is 2.23. The SMILES string of the molecule is CCOC(=O)c1c(-c2ccccc2)csc1NC(=O)COC(=O)CSc1cc(C)ccc1C. The molecule has 1 aromatic heterocycles. The van der Waals surface area contributed by atoms with Crippen LogP contribution in [0.1, 0.15) is 28.4 Å². The number of rotatable bonds is 9. The Morgan fingerprint density at radius 2 is 1.79 bits per heavy atom. The summed E-state index contributed by atoms with van der Waals surface area (Å²) in [6.45, 7) is 5.47. The monoisotopic (exact) mass is 483 g/mol. The number of benzene rings is 2. The van der Waals surface area contributed by atoms with Crippen LogP contribution in [0.15, 0.2) is 58.8 Å². The van der Waals surface area contributed by atoms with Crippen LogP contribution in [0.5, 0.6) is 0 Å². The van der Waals surface area contributed by atoms with Gasteiger partial charge in [0.15, 0.2) is 6.61 Å². The van der Waals surface area contributed by atoms with E-state index in [0.717, 1.165) is 21.6 Å². The predicted octanol–water partition coefficient (Wildman–Crippen LogP) is 5.48. The Morgan fingerprint density at radius 3 is 2.52 bits per heavy atom. The van der Waals surface area contributed by atoms with Crippen molar-refractivity contribution in [3.8, 4) is 11.1 Å². The van der Waals surface area contributed by atoms with Gasteiger partial charge in [0.25, 0.3) is 5.91 Å². The van der Waals surface area contributed by atoms with Gasteiger partial charge in [-0.15, -0.1) is 23.1 Å². The van der Waals surface area contributed by atoms with Gasteiger partial charge in [0.2, 0.25) is 0 Å². The Bertz CT molecular complexity index is 1140. The normalized spacial score (nSPS) is 10.5. The van der Waals surface area contributed by atoms with Gasteiger partial charge in [-0.2, -0.15) is 0 Å². The summed E-state index contributed by atoms with van der Waals surface area (Å²) in [6.07, 6.45) is 0. The fourth-order valence-electron chi connectivity index (χ4n) is 3.04. The quantitative estimate of drug-likeness (QED) is 0.320. The van der Waals surface area contributed by atoms with Crippen molar-refractivity contribution in [1.82, 2.24) is 0 Å². The summed E-state index contributed by atoms with van der Waals surface area (Å²) in [7, 11) is 0. The van der Waals surface area contributed by atoms with Crippen LogP contribution in [-0.2, 0) is 19.1 Å². The average Bonchev–Trinajstić information content (AvgIpc) is 3.22. The summed E-state index contributed by atoms with van der Waals surface area (Å²) in [4.78, 5) is 38.1. The minimum atomic E-state index is -0.521. The molecular weight excluding hydrogens is 458 g/mol. The van der Waals surface area contributed by atoms with E-state index in [1.807, 2.05) is 62.4 Å². The van der Waals surface area contributed by atoms with E-state index < -0.39 is 24.5 Å². The molecule has 1 N–H and O–H groups in total. The van der Waals surface area contributed by atoms with Crippen molar-refractivity contribution >= 4 is 45.9 Å². The number of ether oxygens (including phenoxy) is 2. The third-order valence-electron chi connectivity index (χ3n) is 4.66. The van der Waals surface area contributed by atoms with Gasteiger partial charge in [-0.3, -0.25) is 9.59 Å². The van der Waals surface area contributed by atoms with E-state index in [1.165, 1.54) is 23.1 Å². The number of anilines is 1. The smallest absolute Gasteiger partial charge is 0.341 e. The second-order valence-electron chi connectivity index (χ2n) is 7.21. The van der Waals surface area contributed by atoms with Gasteiger partial charge in [0.05, 0.1) is 12.4 Å². The molecule has 172 valence electrons. The highest BCUT2D eigenvalue weighted by Crippen LogP contribution is 2.36. The first-order valence-corrected chi connectivity index (χ1v) is 12.2. The van der Waals surface area contributed by atoms with Crippen LogP contribution in [0, 0.1) is 13.8 Å². The van der Waals surface area contributed by atoms with Crippen molar-refractivity contribution in [2.45, 2.75) is 25.7 Å². The Hall–Kier alpha value is -3.10. The first-order chi connectivity index (χ1) is 15.9. The Labute approximate surface area is 201 Å². The molecule has 1 heterocycles. The molecule has 0 saturated carbocycles. The molecule has 33 heavy (non-hydrogen) atoms. The molecule has 0 saturated heterocycles. The molecule has 0 aliphatic heterocycles. The third-order valence-corrected chi connectivity index (χ3v) is 6.69. The van der Waals surface area contributed by atoms with Crippen LogP contribution in [0.25, 0.3) is 11.1 Å². The first kappa shape index (κ1) is 24.5. The zero-order chi connectivity index (χ0) is 23.8. The van der Waals surface area contributed by atoms with Crippen LogP contribution < -0.4 is 5.32 Å². The number of esters is 2. The van der Waals surface area contributed by atoms with E-state index in [9.17, 15) is 14.4 Å². The van der Waals surface area contributed by atoms with Gasteiger partial charge < -0.3 is 14.8 Å². The second kappa shape index (κ2) is 11.7. The van der Waals surface area contributed by atoms with Crippen molar-refractivity contribution in [1.29, 1.82) is 0 Å². The van der Waals surface area contributed by atoms with Gasteiger partial charge in [0, 0.05) is 15.8 Å². The van der Waals surface area contributed by atoms with Gasteiger partial charge >= 0.3 is 11.9 Å². The Balaban J connectivity index is 1.61. The van der Waals surface area contributed by atoms with E-state index in [4.69, 9.17) is 9.47 Å². The van der Waals surface area contributed by atoms with Crippen LogP contribution in [0.3, 0.4) is 0 Å². The number of carbonyl (C=O) groups is 3. The van der Waals surface area contributed by atoms with E-state index in [0.29, 0.717) is 16.1 Å². The minimum absolute atomic E-state index is 0.100. The number of thioether (sulfide) groups is 1. The van der Waals surface area contributed by atoms with Crippen molar-refractivity contribution in [2.24, 2.45) is 0 Å². The lowest BCUT2D eigenvalue weighted by atomic mass is 10.0. The summed E-state index contributed by atoms with van der Waals surface area (Å²) in [6, 6.07) is 15.4. The molecule has 8 heteroatoms. The van der Waals surface area contributed by atoms with Gasteiger partial charge in [-0.25, -0.2) is 4.79 Å². The second-order valence-corrected chi connectivity index (χ2v) is 9.10. The lowest BCUT2D eigenvalue weighted by molar-refractivity contribution is -0.144. The molecule has 0 atom stereocenters. The summed E-state index contributed by atoms with van der Waals surface area (Å²) >= 11 is 2.59. The van der Waals surface area contributed by atoms with E-state index in [1.54, 1.807) is 12.3 Å². The highest BCUT2D eigenvalue weighted by atomic mass is 32.2. The van der Waals surface area contributed by atoms with Gasteiger partial charge in [-0.05, 0) is 38.0 Å². The number of aryl methyl sites for hydroxylation is 2. The predicted molar refractivity (Wildman–Crippen MR) is 132 cm³/mol. The maximum atomic E-state index is 12.6. The largest absolute Gasteiger partial charge is 0.462 e. The number of hydrogen-bond acceptors (Lipinski definition) is 7. The minimum Gasteiger partial charge on any atom is -0.462 e. The standard InChI is InChI=1S/C25H25NO5S2/c1-4-30-25(29)23-19(18-8-6-5-7-9-18)14-33-24(23)26-21(27)13-31-22(28)15-32-20-12-16(2)10-11-17(20)3/h5-12,14H,4,13,15H2,1-3H3,(H,26,27). The van der Waals surface area contributed by atoms with Gasteiger partial charge in [-0.1, -0.05) is 48.0 Å². The van der Waals surface area contributed by atoms with Crippen LogP contribution in [0.4, 0.5) is 5.00 Å². The van der Waals surface area contributed by atoms with E-state index >= 15 is 0 Å². The topological polar surface area (TPSA) is 81.7 Å². The van der Waals surface area contributed by atoms with Crippen molar-refractivity contribution in [3.05, 3.63) is 70.6 Å². The van der Waals surface area contributed by atoms with Crippen molar-refractivity contribution in [3.63, 3.8) is 0 Å². The fourth-order valence-corrected chi connectivity index (χ4v) is 4.93. The molecule has 0 fully saturated rings. The molecular formula is C25H25NO5S2. The Kier molecular flexibility index (Phi) is 8.68. The van der Waals surface area contributed by atoms with Crippen LogP contribution in [0.2, 0.25) is 0 Å². The lowest BCUT2D eigenvalue weighted by Crippen LogP contribution is -2.22. The average molecular weight is 484 g/mol. The number of carbonyl (C=O) groups excluding carboxylic acids is 3. The van der Waals surface area contributed by atoms with Crippen molar-refractivity contribution in [2.75, 3.05) is 24.3 Å². The molecule has 0 radical (unpaired) electrons. The molecule has 0 aliphatic carbocycles. The van der Waals surface area contributed by atoms with E-state index in [-0.39, 0.29) is 12.4 Å². The summed E-state index contributed by atoms with van der Waals surface area (Å²) < 4.78 is 10.3. The molecule has 0 bridgehead atoms. The molecule has 3 rings (SSSR count). The van der Waals surface area contributed by atoms with E-state index in [2.05, 4.69) is 5.32 Å². The summed E-state index contributed by atoms with van der Waals surface area (Å²) in [5.41, 5.74) is 4.00. The first-order valence-electron chi connectivity index (χ1n) is 10.4. The number of hydrogen-bond donors (Lipinski definition) is 1. The summed E-state index contributed by atoms with van der Waals surface area (Å²) in [5.74, 6) is -1.43. The third kappa shape index (κ3) is 6.69. The molecule has 6 nitrogen and oxygen atoms in total. The number of amides is 1. The number of thiophene rings is 1. The maximum Gasteiger partial charge on any atom is 0.341 e. The maximum absolute atomic E-state index is 12.6. The summed E-state index contributed by atoms with van der Waals surface area (Å²) in [5, 5.41) is 4.84. The van der Waals surface area contributed by atoms with Crippen LogP contribution in [-0.4, -0.2) is 36.8 Å².